The Labute approximate surface area is 95.7 Å². The zero-order valence-corrected chi connectivity index (χ0v) is 9.18. The lowest BCUT2D eigenvalue weighted by Gasteiger charge is -2.01. The lowest BCUT2D eigenvalue weighted by molar-refractivity contribution is 0.103. The Morgan fingerprint density at radius 3 is 2.67 bits per heavy atom. The van der Waals surface area contributed by atoms with Crippen LogP contribution < -0.4 is 5.32 Å². The number of carbonyl (C=O) groups excluding carboxylic acids is 1. The highest BCUT2D eigenvalue weighted by molar-refractivity contribution is 7.17. The van der Waals surface area contributed by atoms with Crippen molar-refractivity contribution in [1.82, 2.24) is 4.98 Å². The van der Waals surface area contributed by atoms with E-state index in [1.165, 1.54) is 6.20 Å². The van der Waals surface area contributed by atoms with Gasteiger partial charge < -0.3 is 5.32 Å². The summed E-state index contributed by atoms with van der Waals surface area (Å²) in [6, 6.07) is 9.24. The topological polar surface area (TPSA) is 42.0 Å². The predicted molar refractivity (Wildman–Crippen MR) is 61.5 cm³/mol. The highest BCUT2D eigenvalue weighted by Gasteiger charge is 2.09. The summed E-state index contributed by atoms with van der Waals surface area (Å²) in [6.07, 6.45) is 1.46. The number of benzene rings is 1. The van der Waals surface area contributed by atoms with Crippen LogP contribution in [0.15, 0.2) is 36.5 Å². The van der Waals surface area contributed by atoms with Gasteiger partial charge in [0.1, 0.15) is 4.88 Å². The average molecular weight is 239 g/mol. The normalized spacial score (nSPS) is 9.93. The summed E-state index contributed by atoms with van der Waals surface area (Å²) in [5.74, 6) is -0.189. The number of rotatable bonds is 2. The Morgan fingerprint density at radius 2 is 2.07 bits per heavy atom. The highest BCUT2D eigenvalue weighted by Crippen LogP contribution is 2.18. The second kappa shape index (κ2) is 4.42. The Bertz CT molecular complexity index is 469. The highest BCUT2D eigenvalue weighted by atomic mass is 35.5. The molecule has 1 aromatic heterocycles. The molecule has 1 N–H and O–H groups in total. The zero-order chi connectivity index (χ0) is 10.7. The van der Waals surface area contributed by atoms with E-state index >= 15 is 0 Å². The van der Waals surface area contributed by atoms with E-state index in [1.807, 2.05) is 30.3 Å². The van der Waals surface area contributed by atoms with E-state index in [0.717, 1.165) is 17.0 Å². The quantitative estimate of drug-likeness (QED) is 0.874. The first kappa shape index (κ1) is 10.1. The van der Waals surface area contributed by atoms with Crippen LogP contribution in [0.3, 0.4) is 0 Å². The first-order valence-corrected chi connectivity index (χ1v) is 5.43. The lowest BCUT2D eigenvalue weighted by atomic mass is 10.3. The molecule has 2 rings (SSSR count). The molecule has 76 valence electrons. The van der Waals surface area contributed by atoms with Gasteiger partial charge in [-0.25, -0.2) is 4.98 Å². The molecule has 1 heterocycles. The number of para-hydroxylation sites is 1. The minimum absolute atomic E-state index is 0.189. The van der Waals surface area contributed by atoms with E-state index in [-0.39, 0.29) is 5.91 Å². The lowest BCUT2D eigenvalue weighted by Crippen LogP contribution is -2.09. The molecule has 0 aliphatic carbocycles. The summed E-state index contributed by atoms with van der Waals surface area (Å²) in [6.45, 7) is 0. The minimum atomic E-state index is -0.189. The van der Waals surface area contributed by atoms with Gasteiger partial charge in [-0.05, 0) is 12.1 Å². The molecule has 0 aliphatic rings. The van der Waals surface area contributed by atoms with Crippen molar-refractivity contribution in [2.75, 3.05) is 5.32 Å². The third-order valence-electron chi connectivity index (χ3n) is 1.73. The molecule has 0 spiro atoms. The number of amides is 1. The van der Waals surface area contributed by atoms with Crippen LogP contribution in [-0.2, 0) is 0 Å². The van der Waals surface area contributed by atoms with Crippen LogP contribution in [0, 0.1) is 0 Å². The van der Waals surface area contributed by atoms with E-state index in [9.17, 15) is 4.79 Å². The molecule has 0 radical (unpaired) electrons. The number of carbonyl (C=O) groups is 1. The van der Waals surface area contributed by atoms with Crippen LogP contribution in [0.5, 0.6) is 0 Å². The maximum atomic E-state index is 11.6. The van der Waals surface area contributed by atoms with Gasteiger partial charge in [0.05, 0.1) is 6.20 Å². The maximum Gasteiger partial charge on any atom is 0.267 e. The number of nitrogens with zero attached hydrogens (tertiary/aromatic N) is 1. The van der Waals surface area contributed by atoms with Crippen molar-refractivity contribution in [3.8, 4) is 0 Å². The Hall–Kier alpha value is -1.39. The van der Waals surface area contributed by atoms with Gasteiger partial charge in [0.15, 0.2) is 4.47 Å². The summed E-state index contributed by atoms with van der Waals surface area (Å²) >= 11 is 6.79. The van der Waals surface area contributed by atoms with E-state index in [1.54, 1.807) is 0 Å². The Morgan fingerprint density at radius 1 is 1.33 bits per heavy atom. The molecular formula is C10H7ClN2OS. The molecule has 0 bridgehead atoms. The van der Waals surface area contributed by atoms with Gasteiger partial charge in [0.25, 0.3) is 5.91 Å². The number of hydrogen-bond acceptors (Lipinski definition) is 3. The molecule has 0 saturated heterocycles. The third-order valence-corrected chi connectivity index (χ3v) is 2.85. The summed E-state index contributed by atoms with van der Waals surface area (Å²) in [5, 5.41) is 2.74. The average Bonchev–Trinajstić information content (AvgIpc) is 2.66. The largest absolute Gasteiger partial charge is 0.321 e. The second-order valence-electron chi connectivity index (χ2n) is 2.80. The first-order valence-electron chi connectivity index (χ1n) is 4.23. The van der Waals surface area contributed by atoms with E-state index in [2.05, 4.69) is 10.3 Å². The van der Waals surface area contributed by atoms with Gasteiger partial charge >= 0.3 is 0 Å². The number of nitrogens with one attached hydrogen (secondary N) is 1. The van der Waals surface area contributed by atoms with Crippen molar-refractivity contribution in [2.24, 2.45) is 0 Å². The smallest absolute Gasteiger partial charge is 0.267 e. The van der Waals surface area contributed by atoms with Crippen LogP contribution in [-0.4, -0.2) is 10.9 Å². The summed E-state index contributed by atoms with van der Waals surface area (Å²) in [5.41, 5.74) is 0.757. The van der Waals surface area contributed by atoms with Gasteiger partial charge in [0, 0.05) is 5.69 Å². The van der Waals surface area contributed by atoms with Gasteiger partial charge in [-0.2, -0.15) is 0 Å². The molecule has 15 heavy (non-hydrogen) atoms. The first-order chi connectivity index (χ1) is 7.25. The summed E-state index contributed by atoms with van der Waals surface area (Å²) < 4.78 is 0.369. The molecule has 3 nitrogen and oxygen atoms in total. The molecule has 1 aromatic carbocycles. The van der Waals surface area contributed by atoms with Gasteiger partial charge in [0.2, 0.25) is 0 Å². The fraction of sp³-hybridized carbons (Fsp3) is 0. The fourth-order valence-electron chi connectivity index (χ4n) is 1.07. The third kappa shape index (κ3) is 2.55. The minimum Gasteiger partial charge on any atom is -0.321 e. The summed E-state index contributed by atoms with van der Waals surface area (Å²) in [7, 11) is 0. The van der Waals surface area contributed by atoms with Crippen molar-refractivity contribution in [1.29, 1.82) is 0 Å². The van der Waals surface area contributed by atoms with Gasteiger partial charge in [-0.15, -0.1) is 0 Å². The zero-order valence-electron chi connectivity index (χ0n) is 7.61. The number of anilines is 1. The molecule has 0 saturated carbocycles. The van der Waals surface area contributed by atoms with Crippen molar-refractivity contribution >= 4 is 34.5 Å². The molecular weight excluding hydrogens is 232 g/mol. The number of aromatic nitrogens is 1. The molecule has 0 fully saturated rings. The van der Waals surface area contributed by atoms with Crippen LogP contribution in [0.4, 0.5) is 5.69 Å². The van der Waals surface area contributed by atoms with Gasteiger partial charge in [-0.1, -0.05) is 41.1 Å². The predicted octanol–water partition coefficient (Wildman–Crippen LogP) is 3.05. The van der Waals surface area contributed by atoms with Crippen molar-refractivity contribution in [3.05, 3.63) is 45.9 Å². The van der Waals surface area contributed by atoms with E-state index in [0.29, 0.717) is 9.34 Å². The van der Waals surface area contributed by atoms with Gasteiger partial charge in [-0.3, -0.25) is 4.79 Å². The monoisotopic (exact) mass is 238 g/mol. The molecule has 0 aliphatic heterocycles. The second-order valence-corrected chi connectivity index (χ2v) is 4.41. The number of hydrogen-bond donors (Lipinski definition) is 1. The standard InChI is InChI=1S/C10H7ClN2OS/c11-10-12-6-8(15-10)9(14)13-7-4-2-1-3-5-7/h1-6H,(H,13,14). The van der Waals surface area contributed by atoms with Crippen molar-refractivity contribution in [2.45, 2.75) is 0 Å². The van der Waals surface area contributed by atoms with E-state index in [4.69, 9.17) is 11.6 Å². The molecule has 0 unspecified atom stereocenters. The van der Waals surface area contributed by atoms with Crippen LogP contribution in [0.25, 0.3) is 0 Å². The molecule has 0 atom stereocenters. The number of thiazole rings is 1. The van der Waals surface area contributed by atoms with Crippen molar-refractivity contribution < 1.29 is 4.79 Å². The SMILES string of the molecule is O=C(Nc1ccccc1)c1cnc(Cl)s1. The Balaban J connectivity index is 2.11. The maximum absolute atomic E-state index is 11.6. The van der Waals surface area contributed by atoms with E-state index < -0.39 is 0 Å². The molecule has 5 heteroatoms. The Kier molecular flexibility index (Phi) is 2.99. The van der Waals surface area contributed by atoms with Crippen LogP contribution >= 0.6 is 22.9 Å². The van der Waals surface area contributed by atoms with Crippen molar-refractivity contribution in [3.63, 3.8) is 0 Å². The summed E-state index contributed by atoms with van der Waals surface area (Å²) in [4.78, 5) is 15.9. The van der Waals surface area contributed by atoms with Crippen LogP contribution in [0.1, 0.15) is 9.67 Å². The molecule has 2 aromatic rings. The molecule has 1 amide bonds. The van der Waals surface area contributed by atoms with Crippen LogP contribution in [0.2, 0.25) is 4.47 Å². The fourth-order valence-corrected chi connectivity index (χ4v) is 1.91. The number of halogens is 1.